The normalized spacial score (nSPS) is 11.3. The van der Waals surface area contributed by atoms with E-state index in [1.54, 1.807) is 7.11 Å². The van der Waals surface area contributed by atoms with Crippen molar-refractivity contribution in [2.75, 3.05) is 7.11 Å². The van der Waals surface area contributed by atoms with Gasteiger partial charge < -0.3 is 9.30 Å². The lowest BCUT2D eigenvalue weighted by molar-refractivity contribution is 0.415. The van der Waals surface area contributed by atoms with E-state index in [0.717, 1.165) is 12.3 Å². The number of aromatic nitrogens is 1. The Morgan fingerprint density at radius 2 is 1.77 bits per heavy atom. The number of aryl methyl sites for hydroxylation is 1. The first-order valence-corrected chi connectivity index (χ1v) is 7.82. The van der Waals surface area contributed by atoms with Crippen LogP contribution in [0.5, 0.6) is 5.75 Å². The summed E-state index contributed by atoms with van der Waals surface area (Å²) in [6.45, 7) is 7.65. The van der Waals surface area contributed by atoms with Crippen LogP contribution in [-0.2, 0) is 6.54 Å². The molecule has 0 amide bonds. The number of hydrogen-bond acceptors (Lipinski definition) is 1. The van der Waals surface area contributed by atoms with E-state index in [2.05, 4.69) is 67.8 Å². The van der Waals surface area contributed by atoms with Gasteiger partial charge in [-0.2, -0.15) is 0 Å². The molecule has 0 fully saturated rings. The molecule has 2 aromatic carbocycles. The molecular formula is C20H23NO. The van der Waals surface area contributed by atoms with Crippen LogP contribution in [0.3, 0.4) is 0 Å². The van der Waals surface area contributed by atoms with E-state index in [0.29, 0.717) is 5.92 Å². The molecule has 0 saturated carbocycles. The monoisotopic (exact) mass is 293 g/mol. The molecule has 0 radical (unpaired) electrons. The van der Waals surface area contributed by atoms with Crippen LogP contribution >= 0.6 is 0 Å². The average molecular weight is 293 g/mol. The molecule has 0 N–H and O–H groups in total. The van der Waals surface area contributed by atoms with Gasteiger partial charge in [-0.3, -0.25) is 0 Å². The molecule has 3 rings (SSSR count). The van der Waals surface area contributed by atoms with Crippen molar-refractivity contribution in [1.29, 1.82) is 0 Å². The Balaban J connectivity index is 2.22. The van der Waals surface area contributed by atoms with E-state index < -0.39 is 0 Å². The van der Waals surface area contributed by atoms with Crippen LogP contribution < -0.4 is 4.74 Å². The number of hydrogen-bond donors (Lipinski definition) is 0. The van der Waals surface area contributed by atoms with Gasteiger partial charge in [0.25, 0.3) is 0 Å². The van der Waals surface area contributed by atoms with Crippen molar-refractivity contribution in [3.8, 4) is 5.75 Å². The van der Waals surface area contributed by atoms with Gasteiger partial charge in [0.15, 0.2) is 0 Å². The summed E-state index contributed by atoms with van der Waals surface area (Å²) in [5.74, 6) is 1.40. The van der Waals surface area contributed by atoms with Gasteiger partial charge in [-0.05, 0) is 36.1 Å². The Morgan fingerprint density at radius 1 is 1.05 bits per heavy atom. The summed E-state index contributed by atoms with van der Waals surface area (Å²) >= 11 is 0. The van der Waals surface area contributed by atoms with Crippen LogP contribution in [0.15, 0.2) is 48.5 Å². The van der Waals surface area contributed by atoms with Crippen molar-refractivity contribution in [3.63, 3.8) is 0 Å². The summed E-state index contributed by atoms with van der Waals surface area (Å²) in [7, 11) is 1.72. The van der Waals surface area contributed by atoms with Gasteiger partial charge in [-0.15, -0.1) is 0 Å². The molecule has 22 heavy (non-hydrogen) atoms. The maximum Gasteiger partial charge on any atom is 0.120 e. The Bertz CT molecular complexity index is 784. The number of methoxy groups -OCH3 is 1. The van der Waals surface area contributed by atoms with Gasteiger partial charge in [0, 0.05) is 23.7 Å². The first-order chi connectivity index (χ1) is 10.6. The quantitative estimate of drug-likeness (QED) is 0.650. The molecule has 0 atom stereocenters. The third kappa shape index (κ3) is 2.50. The number of rotatable bonds is 4. The summed E-state index contributed by atoms with van der Waals surface area (Å²) in [6.07, 6.45) is 0. The second kappa shape index (κ2) is 5.88. The predicted octanol–water partition coefficient (Wildman–Crippen LogP) is 5.13. The van der Waals surface area contributed by atoms with Gasteiger partial charge in [0.2, 0.25) is 0 Å². The van der Waals surface area contributed by atoms with E-state index in [1.165, 1.54) is 27.7 Å². The first-order valence-electron chi connectivity index (χ1n) is 7.82. The zero-order chi connectivity index (χ0) is 15.7. The summed E-state index contributed by atoms with van der Waals surface area (Å²) in [5, 5.41) is 1.32. The Kier molecular flexibility index (Phi) is 3.93. The van der Waals surface area contributed by atoms with Gasteiger partial charge in [0.05, 0.1) is 12.6 Å². The van der Waals surface area contributed by atoms with Crippen molar-refractivity contribution in [2.24, 2.45) is 0 Å². The van der Waals surface area contributed by atoms with Crippen molar-refractivity contribution in [2.45, 2.75) is 33.2 Å². The summed E-state index contributed by atoms with van der Waals surface area (Å²) in [4.78, 5) is 0. The number of ether oxygens (including phenoxy) is 1. The van der Waals surface area contributed by atoms with Gasteiger partial charge in [-0.25, -0.2) is 0 Å². The fourth-order valence-electron chi connectivity index (χ4n) is 3.33. The lowest BCUT2D eigenvalue weighted by Gasteiger charge is -2.15. The standard InChI is InChI=1S/C20H23NO/c1-14(2)20-15(3)18-11-10-17(22-4)12-19(18)21(20)13-16-8-6-5-7-9-16/h5-12,14H,13H2,1-4H3. The fourth-order valence-corrected chi connectivity index (χ4v) is 3.33. The third-order valence-electron chi connectivity index (χ3n) is 4.31. The van der Waals surface area contributed by atoms with Gasteiger partial charge in [-0.1, -0.05) is 44.2 Å². The van der Waals surface area contributed by atoms with Gasteiger partial charge in [0.1, 0.15) is 5.75 Å². The number of fused-ring (bicyclic) bond motifs is 1. The summed E-state index contributed by atoms with van der Waals surface area (Å²) in [5.41, 5.74) is 5.37. The molecule has 0 aliphatic rings. The van der Waals surface area contributed by atoms with Crippen LogP contribution in [-0.4, -0.2) is 11.7 Å². The molecule has 0 spiro atoms. The smallest absolute Gasteiger partial charge is 0.120 e. The molecule has 2 heteroatoms. The van der Waals surface area contributed by atoms with E-state index in [1.807, 2.05) is 6.07 Å². The van der Waals surface area contributed by atoms with Crippen LogP contribution in [0.1, 0.15) is 36.6 Å². The Hall–Kier alpha value is -2.22. The molecule has 0 bridgehead atoms. The maximum atomic E-state index is 5.42. The molecular weight excluding hydrogens is 270 g/mol. The largest absolute Gasteiger partial charge is 0.497 e. The molecule has 114 valence electrons. The van der Waals surface area contributed by atoms with Gasteiger partial charge >= 0.3 is 0 Å². The maximum absolute atomic E-state index is 5.42. The minimum Gasteiger partial charge on any atom is -0.497 e. The average Bonchev–Trinajstić information content (AvgIpc) is 2.80. The summed E-state index contributed by atoms with van der Waals surface area (Å²) in [6, 6.07) is 17.0. The highest BCUT2D eigenvalue weighted by molar-refractivity contribution is 5.87. The van der Waals surface area contributed by atoms with Crippen LogP contribution in [0.25, 0.3) is 10.9 Å². The molecule has 1 aromatic heterocycles. The fraction of sp³-hybridized carbons (Fsp3) is 0.300. The van der Waals surface area contributed by atoms with Crippen molar-refractivity contribution in [3.05, 3.63) is 65.4 Å². The Labute approximate surface area is 132 Å². The molecule has 1 heterocycles. The van der Waals surface area contributed by atoms with E-state index in [4.69, 9.17) is 4.74 Å². The second-order valence-electron chi connectivity index (χ2n) is 6.12. The van der Waals surface area contributed by atoms with Crippen molar-refractivity contribution < 1.29 is 4.74 Å². The minimum absolute atomic E-state index is 0.488. The van der Waals surface area contributed by atoms with Crippen molar-refractivity contribution in [1.82, 2.24) is 4.57 Å². The lowest BCUT2D eigenvalue weighted by atomic mass is 10.0. The number of nitrogens with zero attached hydrogens (tertiary/aromatic N) is 1. The molecule has 0 unspecified atom stereocenters. The first kappa shape index (κ1) is 14.7. The van der Waals surface area contributed by atoms with Crippen molar-refractivity contribution >= 4 is 10.9 Å². The summed E-state index contributed by atoms with van der Waals surface area (Å²) < 4.78 is 7.86. The SMILES string of the molecule is COc1ccc2c(C)c(C(C)C)n(Cc3ccccc3)c2c1. The highest BCUT2D eigenvalue weighted by Gasteiger charge is 2.17. The third-order valence-corrected chi connectivity index (χ3v) is 4.31. The number of benzene rings is 2. The minimum atomic E-state index is 0.488. The molecule has 0 aliphatic heterocycles. The predicted molar refractivity (Wildman–Crippen MR) is 92.9 cm³/mol. The molecule has 2 nitrogen and oxygen atoms in total. The van der Waals surface area contributed by atoms with E-state index in [9.17, 15) is 0 Å². The lowest BCUT2D eigenvalue weighted by Crippen LogP contribution is -2.06. The molecule has 0 saturated heterocycles. The topological polar surface area (TPSA) is 14.2 Å². The van der Waals surface area contributed by atoms with E-state index in [-0.39, 0.29) is 0 Å². The van der Waals surface area contributed by atoms with Crippen LogP contribution in [0.2, 0.25) is 0 Å². The zero-order valence-corrected chi connectivity index (χ0v) is 13.8. The Morgan fingerprint density at radius 3 is 2.41 bits per heavy atom. The second-order valence-corrected chi connectivity index (χ2v) is 6.12. The van der Waals surface area contributed by atoms with E-state index >= 15 is 0 Å². The highest BCUT2D eigenvalue weighted by atomic mass is 16.5. The van der Waals surface area contributed by atoms with Crippen LogP contribution in [0, 0.1) is 6.92 Å². The molecule has 0 aliphatic carbocycles. The molecule has 3 aromatic rings. The highest BCUT2D eigenvalue weighted by Crippen LogP contribution is 2.33. The van der Waals surface area contributed by atoms with Crippen LogP contribution in [0.4, 0.5) is 0 Å². The zero-order valence-electron chi connectivity index (χ0n) is 13.8.